The van der Waals surface area contributed by atoms with Gasteiger partial charge in [-0.3, -0.25) is 0 Å². The Morgan fingerprint density at radius 1 is 1.07 bits per heavy atom. The van der Waals surface area contributed by atoms with Crippen LogP contribution >= 0.6 is 11.6 Å². The van der Waals surface area contributed by atoms with Crippen LogP contribution in [0.1, 0.15) is 26.3 Å². The maximum absolute atomic E-state index is 6.03. The average molecular weight is 229 g/mol. The van der Waals surface area contributed by atoms with Crippen molar-refractivity contribution in [3.63, 3.8) is 0 Å². The third kappa shape index (κ3) is 2.57. The Bertz CT molecular complexity index is 353. The van der Waals surface area contributed by atoms with Crippen molar-refractivity contribution in [2.75, 3.05) is 14.2 Å². The zero-order valence-corrected chi connectivity index (χ0v) is 10.6. The van der Waals surface area contributed by atoms with Crippen LogP contribution < -0.4 is 9.47 Å². The second-order valence-corrected chi connectivity index (χ2v) is 4.88. The van der Waals surface area contributed by atoms with Gasteiger partial charge in [-0.2, -0.15) is 0 Å². The summed E-state index contributed by atoms with van der Waals surface area (Å²) < 4.78 is 10.6. The molecular weight excluding hydrogens is 212 g/mol. The molecule has 15 heavy (non-hydrogen) atoms. The highest BCUT2D eigenvalue weighted by molar-refractivity contribution is 6.30. The van der Waals surface area contributed by atoms with E-state index >= 15 is 0 Å². The second-order valence-electron chi connectivity index (χ2n) is 4.44. The minimum Gasteiger partial charge on any atom is -0.493 e. The molecule has 0 bridgehead atoms. The Labute approximate surface area is 96.2 Å². The van der Waals surface area contributed by atoms with E-state index in [4.69, 9.17) is 21.1 Å². The fourth-order valence-corrected chi connectivity index (χ4v) is 1.70. The number of hydrogen-bond donors (Lipinski definition) is 0. The van der Waals surface area contributed by atoms with Gasteiger partial charge in [0.05, 0.1) is 14.2 Å². The number of benzene rings is 1. The first-order valence-corrected chi connectivity index (χ1v) is 5.20. The van der Waals surface area contributed by atoms with Crippen molar-refractivity contribution in [3.8, 4) is 11.5 Å². The molecule has 0 heterocycles. The summed E-state index contributed by atoms with van der Waals surface area (Å²) in [5, 5.41) is 0.664. The first kappa shape index (κ1) is 12.2. The fourth-order valence-electron chi connectivity index (χ4n) is 1.49. The molecule has 0 radical (unpaired) electrons. The van der Waals surface area contributed by atoms with Crippen LogP contribution in [-0.4, -0.2) is 14.2 Å². The van der Waals surface area contributed by atoms with Crippen LogP contribution in [0, 0.1) is 0 Å². The molecule has 0 aliphatic carbocycles. The van der Waals surface area contributed by atoms with E-state index in [1.807, 2.05) is 6.07 Å². The van der Waals surface area contributed by atoms with Gasteiger partial charge in [0.15, 0.2) is 11.5 Å². The molecule has 0 aliphatic rings. The van der Waals surface area contributed by atoms with Gasteiger partial charge >= 0.3 is 0 Å². The van der Waals surface area contributed by atoms with Gasteiger partial charge in [0, 0.05) is 16.7 Å². The molecule has 2 nitrogen and oxygen atoms in total. The minimum absolute atomic E-state index is 0.0243. The summed E-state index contributed by atoms with van der Waals surface area (Å²) in [5.41, 5.74) is 1.03. The quantitative estimate of drug-likeness (QED) is 0.769. The minimum atomic E-state index is -0.0243. The molecule has 0 N–H and O–H groups in total. The Morgan fingerprint density at radius 3 is 2.07 bits per heavy atom. The molecular formula is C12H17ClO2. The lowest BCUT2D eigenvalue weighted by Gasteiger charge is -2.23. The standard InChI is InChI=1S/C12H17ClO2/c1-12(2,3)9-6-8(13)7-10(14-4)11(9)15-5/h6-7H,1-5H3. The fraction of sp³-hybridized carbons (Fsp3) is 0.500. The van der Waals surface area contributed by atoms with E-state index in [-0.39, 0.29) is 5.41 Å². The van der Waals surface area contributed by atoms with Crippen molar-refractivity contribution in [3.05, 3.63) is 22.7 Å². The predicted octanol–water partition coefficient (Wildman–Crippen LogP) is 3.65. The Balaban J connectivity index is 3.42. The Morgan fingerprint density at radius 2 is 1.67 bits per heavy atom. The predicted molar refractivity (Wildman–Crippen MR) is 63.3 cm³/mol. The number of hydrogen-bond acceptors (Lipinski definition) is 2. The van der Waals surface area contributed by atoms with E-state index < -0.39 is 0 Å². The van der Waals surface area contributed by atoms with Crippen LogP contribution in [0.2, 0.25) is 5.02 Å². The smallest absolute Gasteiger partial charge is 0.164 e. The summed E-state index contributed by atoms with van der Waals surface area (Å²) in [6, 6.07) is 3.68. The maximum atomic E-state index is 6.03. The van der Waals surface area contributed by atoms with Crippen LogP contribution in [0.25, 0.3) is 0 Å². The highest BCUT2D eigenvalue weighted by Crippen LogP contribution is 2.40. The lowest BCUT2D eigenvalue weighted by molar-refractivity contribution is 0.345. The normalized spacial score (nSPS) is 11.3. The van der Waals surface area contributed by atoms with Crippen LogP contribution in [0.5, 0.6) is 11.5 Å². The van der Waals surface area contributed by atoms with Crippen molar-refractivity contribution in [1.82, 2.24) is 0 Å². The molecule has 3 heteroatoms. The van der Waals surface area contributed by atoms with E-state index in [9.17, 15) is 0 Å². The number of rotatable bonds is 2. The SMILES string of the molecule is COc1cc(Cl)cc(C(C)(C)C)c1OC. The van der Waals surface area contributed by atoms with Gasteiger partial charge in [-0.05, 0) is 11.5 Å². The number of halogens is 1. The van der Waals surface area contributed by atoms with Crippen molar-refractivity contribution in [2.24, 2.45) is 0 Å². The van der Waals surface area contributed by atoms with E-state index in [2.05, 4.69) is 20.8 Å². The number of ether oxygens (including phenoxy) is 2. The summed E-state index contributed by atoms with van der Waals surface area (Å²) in [7, 11) is 3.25. The van der Waals surface area contributed by atoms with Gasteiger partial charge in [0.25, 0.3) is 0 Å². The number of methoxy groups -OCH3 is 2. The topological polar surface area (TPSA) is 18.5 Å². The van der Waals surface area contributed by atoms with E-state index in [0.29, 0.717) is 10.8 Å². The zero-order chi connectivity index (χ0) is 11.6. The van der Waals surface area contributed by atoms with Crippen molar-refractivity contribution in [1.29, 1.82) is 0 Å². The molecule has 0 aliphatic heterocycles. The molecule has 0 saturated heterocycles. The monoisotopic (exact) mass is 228 g/mol. The average Bonchev–Trinajstić information content (AvgIpc) is 2.15. The molecule has 84 valence electrons. The highest BCUT2D eigenvalue weighted by Gasteiger charge is 2.22. The van der Waals surface area contributed by atoms with Gasteiger partial charge in [-0.15, -0.1) is 0 Å². The maximum Gasteiger partial charge on any atom is 0.164 e. The summed E-state index contributed by atoms with van der Waals surface area (Å²) in [5.74, 6) is 1.43. The Kier molecular flexibility index (Phi) is 3.50. The summed E-state index contributed by atoms with van der Waals surface area (Å²) in [4.78, 5) is 0. The molecule has 0 spiro atoms. The summed E-state index contributed by atoms with van der Waals surface area (Å²) >= 11 is 6.03. The van der Waals surface area contributed by atoms with Gasteiger partial charge in [-0.25, -0.2) is 0 Å². The Hall–Kier alpha value is -0.890. The van der Waals surface area contributed by atoms with Crippen LogP contribution in [0.3, 0.4) is 0 Å². The van der Waals surface area contributed by atoms with Crippen LogP contribution in [0.4, 0.5) is 0 Å². The molecule has 1 rings (SSSR count). The third-order valence-corrected chi connectivity index (χ3v) is 2.47. The molecule has 1 aromatic rings. The van der Waals surface area contributed by atoms with Gasteiger partial charge < -0.3 is 9.47 Å². The van der Waals surface area contributed by atoms with Crippen LogP contribution in [-0.2, 0) is 5.41 Å². The van der Waals surface area contributed by atoms with E-state index in [1.165, 1.54) is 0 Å². The first-order valence-electron chi connectivity index (χ1n) is 4.82. The molecule has 0 unspecified atom stereocenters. The molecule has 1 aromatic carbocycles. The molecule has 0 saturated carbocycles. The van der Waals surface area contributed by atoms with Gasteiger partial charge in [0.2, 0.25) is 0 Å². The molecule has 0 atom stereocenters. The van der Waals surface area contributed by atoms with E-state index in [0.717, 1.165) is 11.3 Å². The lowest BCUT2D eigenvalue weighted by Crippen LogP contribution is -2.13. The molecule has 0 fully saturated rings. The summed E-state index contributed by atoms with van der Waals surface area (Å²) in [6.45, 7) is 6.34. The van der Waals surface area contributed by atoms with Gasteiger partial charge in [0.1, 0.15) is 0 Å². The van der Waals surface area contributed by atoms with Crippen molar-refractivity contribution < 1.29 is 9.47 Å². The largest absolute Gasteiger partial charge is 0.493 e. The molecule has 0 amide bonds. The molecule has 0 aromatic heterocycles. The van der Waals surface area contributed by atoms with Crippen molar-refractivity contribution >= 4 is 11.6 Å². The summed E-state index contributed by atoms with van der Waals surface area (Å²) in [6.07, 6.45) is 0. The van der Waals surface area contributed by atoms with Gasteiger partial charge in [-0.1, -0.05) is 32.4 Å². The third-order valence-electron chi connectivity index (χ3n) is 2.25. The van der Waals surface area contributed by atoms with Crippen LogP contribution in [0.15, 0.2) is 12.1 Å². The van der Waals surface area contributed by atoms with Crippen molar-refractivity contribution in [2.45, 2.75) is 26.2 Å². The zero-order valence-electron chi connectivity index (χ0n) is 9.85. The van der Waals surface area contributed by atoms with E-state index in [1.54, 1.807) is 20.3 Å². The first-order chi connectivity index (χ1) is 6.90. The highest BCUT2D eigenvalue weighted by atomic mass is 35.5. The second kappa shape index (κ2) is 4.31. The lowest BCUT2D eigenvalue weighted by atomic mass is 9.86.